The molecule has 0 radical (unpaired) electrons. The molecule has 4 heterocycles. The van der Waals surface area contributed by atoms with Gasteiger partial charge in [-0.2, -0.15) is 0 Å². The summed E-state index contributed by atoms with van der Waals surface area (Å²) in [5.74, 6) is -7.52. The SMILES string of the molecule is CCC(C)CC1CCC(O)(C(C)(O)C(=O)NC2C(=O)N3NCCCC3C(=O)N3NCCCC3C(=O)CCC(=O)N(C)CC(=O)N(C)CC(=O)OC2C(C)C)OC1CC. The maximum Gasteiger partial charge on any atom is 0.325 e. The van der Waals surface area contributed by atoms with Crippen molar-refractivity contribution >= 4 is 41.3 Å². The van der Waals surface area contributed by atoms with Crippen molar-refractivity contribution in [3.63, 3.8) is 0 Å². The molecule has 5 amide bonds. The normalized spacial score (nSPS) is 32.1. The van der Waals surface area contributed by atoms with Crippen LogP contribution in [0.1, 0.15) is 112 Å². The number of aliphatic hydroxyl groups is 2. The van der Waals surface area contributed by atoms with Crippen molar-refractivity contribution in [1.29, 1.82) is 0 Å². The first-order valence-corrected chi connectivity index (χ1v) is 21.0. The number of likely N-dealkylation sites (N-methyl/N-ethyl adjacent to an activating group) is 2. The van der Waals surface area contributed by atoms with Crippen molar-refractivity contribution in [2.45, 2.75) is 154 Å². The summed E-state index contributed by atoms with van der Waals surface area (Å²) in [6, 6.07) is -3.84. The van der Waals surface area contributed by atoms with E-state index in [0.717, 1.165) is 34.6 Å². The highest BCUT2D eigenvalue weighted by Crippen LogP contribution is 2.41. The third kappa shape index (κ3) is 10.7. The van der Waals surface area contributed by atoms with Gasteiger partial charge in [0.15, 0.2) is 11.4 Å². The Morgan fingerprint density at radius 1 is 0.897 bits per heavy atom. The predicted octanol–water partition coefficient (Wildman–Crippen LogP) is 0.391. The van der Waals surface area contributed by atoms with E-state index in [9.17, 15) is 43.8 Å². The molecule has 58 heavy (non-hydrogen) atoms. The van der Waals surface area contributed by atoms with Gasteiger partial charge in [0.25, 0.3) is 17.7 Å². The molecule has 5 N–H and O–H groups in total. The van der Waals surface area contributed by atoms with E-state index in [1.807, 2.05) is 6.92 Å². The standard InChI is InChI=1S/C40H67N7O11/c1-9-25(5)21-26-17-18-40(56,58-30(26)10-2)39(6,55)38(54)43-34-35(24(3)4)57-33(51)23-45(8)32(50)22-44(7)31(49)16-15-29(48)27-13-11-19-41-46(27)36(52)28-14-12-20-42-47(28)37(34)53/h24-28,30,34-35,41-42,55-56H,9-23H2,1-8H3,(H,43,54). The summed E-state index contributed by atoms with van der Waals surface area (Å²) in [5.41, 5.74) is 3.38. The van der Waals surface area contributed by atoms with Crippen LogP contribution in [0.2, 0.25) is 0 Å². The zero-order valence-electron chi connectivity index (χ0n) is 35.6. The summed E-state index contributed by atoms with van der Waals surface area (Å²) < 4.78 is 12.0. The maximum absolute atomic E-state index is 14.9. The summed E-state index contributed by atoms with van der Waals surface area (Å²) >= 11 is 0. The van der Waals surface area contributed by atoms with E-state index in [-0.39, 0.29) is 43.9 Å². The van der Waals surface area contributed by atoms with Gasteiger partial charge in [-0.05, 0) is 69.6 Å². The Morgan fingerprint density at radius 3 is 2.10 bits per heavy atom. The second-order valence-electron chi connectivity index (χ2n) is 17.1. The Bertz CT molecular complexity index is 1530. The van der Waals surface area contributed by atoms with Crippen LogP contribution in [0.5, 0.6) is 0 Å². The lowest BCUT2D eigenvalue weighted by atomic mass is 9.78. The second kappa shape index (κ2) is 20.0. The van der Waals surface area contributed by atoms with Gasteiger partial charge in [-0.1, -0.05) is 41.0 Å². The number of carbonyl (C=O) groups excluding carboxylic acids is 7. The van der Waals surface area contributed by atoms with Crippen LogP contribution in [0, 0.1) is 17.8 Å². The first-order chi connectivity index (χ1) is 27.3. The Kier molecular flexibility index (Phi) is 16.2. The van der Waals surface area contributed by atoms with Crippen LogP contribution in [-0.4, -0.2) is 153 Å². The van der Waals surface area contributed by atoms with Crippen LogP contribution in [0.25, 0.3) is 0 Å². The Labute approximate surface area is 342 Å². The molecule has 18 nitrogen and oxygen atoms in total. The quantitative estimate of drug-likeness (QED) is 0.209. The molecule has 4 aliphatic heterocycles. The molecule has 0 bridgehead atoms. The molecular weight excluding hydrogens is 754 g/mol. The number of hydrazine groups is 2. The number of nitrogens with one attached hydrogen (secondary N) is 3. The molecule has 4 fully saturated rings. The number of esters is 1. The van der Waals surface area contributed by atoms with Gasteiger partial charge in [0, 0.05) is 46.4 Å². The number of amides is 5. The van der Waals surface area contributed by atoms with Crippen LogP contribution < -0.4 is 16.2 Å². The fourth-order valence-corrected chi connectivity index (χ4v) is 8.28. The van der Waals surface area contributed by atoms with Crippen molar-refractivity contribution in [2.24, 2.45) is 17.8 Å². The summed E-state index contributed by atoms with van der Waals surface area (Å²) in [6.07, 6.45) is 2.01. The van der Waals surface area contributed by atoms with Gasteiger partial charge in [-0.3, -0.25) is 43.6 Å². The summed E-state index contributed by atoms with van der Waals surface area (Å²) in [6.45, 7) is 10.2. The van der Waals surface area contributed by atoms with Crippen LogP contribution >= 0.6 is 0 Å². The van der Waals surface area contributed by atoms with Gasteiger partial charge in [0.05, 0.1) is 12.6 Å². The fraction of sp³-hybridized carbons (Fsp3) is 0.825. The molecule has 4 aliphatic rings. The van der Waals surface area contributed by atoms with Gasteiger partial charge >= 0.3 is 5.97 Å². The number of Topliss-reactive ketones (excluding diaryl/α,β-unsaturated/α-hetero) is 1. The molecule has 9 unspecified atom stereocenters. The summed E-state index contributed by atoms with van der Waals surface area (Å²) in [5, 5.41) is 28.7. The molecule has 4 rings (SSSR count). The minimum atomic E-state index is -2.61. The number of nitrogens with zero attached hydrogens (tertiary/aromatic N) is 4. The highest BCUT2D eigenvalue weighted by molar-refractivity contribution is 5.97. The Morgan fingerprint density at radius 2 is 1.50 bits per heavy atom. The van der Waals surface area contributed by atoms with Gasteiger partial charge in [-0.15, -0.1) is 0 Å². The highest BCUT2D eigenvalue weighted by Gasteiger charge is 2.57. The van der Waals surface area contributed by atoms with Crippen LogP contribution in [-0.2, 0) is 43.0 Å². The lowest BCUT2D eigenvalue weighted by Gasteiger charge is -2.48. The molecular formula is C40H67N7O11. The van der Waals surface area contributed by atoms with Crippen LogP contribution in [0.3, 0.4) is 0 Å². The molecule has 0 aromatic heterocycles. The minimum Gasteiger partial charge on any atom is -0.458 e. The maximum atomic E-state index is 14.9. The minimum absolute atomic E-state index is 0.0691. The molecule has 0 aromatic rings. The van der Waals surface area contributed by atoms with Gasteiger partial charge in [-0.25, -0.2) is 10.9 Å². The number of fused-ring (bicyclic) bond motifs is 2. The highest BCUT2D eigenvalue weighted by atomic mass is 16.6. The third-order valence-electron chi connectivity index (χ3n) is 12.3. The molecule has 0 saturated carbocycles. The van der Waals surface area contributed by atoms with Gasteiger partial charge in [0.1, 0.15) is 30.8 Å². The lowest BCUT2D eigenvalue weighted by molar-refractivity contribution is -0.329. The van der Waals surface area contributed by atoms with Crippen molar-refractivity contribution < 1.29 is 53.2 Å². The largest absolute Gasteiger partial charge is 0.458 e. The average Bonchev–Trinajstić information content (AvgIpc) is 3.20. The van der Waals surface area contributed by atoms with Gasteiger partial charge < -0.3 is 34.8 Å². The Balaban J connectivity index is 1.74. The molecule has 0 aromatic carbocycles. The number of ketones is 1. The van der Waals surface area contributed by atoms with Gasteiger partial charge in [0.2, 0.25) is 17.6 Å². The molecule has 4 saturated heterocycles. The van der Waals surface area contributed by atoms with E-state index in [1.54, 1.807) is 13.8 Å². The second-order valence-corrected chi connectivity index (χ2v) is 17.1. The van der Waals surface area contributed by atoms with E-state index in [4.69, 9.17) is 9.47 Å². The smallest absolute Gasteiger partial charge is 0.325 e. The molecule has 9 atom stereocenters. The summed E-state index contributed by atoms with van der Waals surface area (Å²) in [7, 11) is 2.76. The number of rotatable bonds is 8. The van der Waals surface area contributed by atoms with E-state index in [0.29, 0.717) is 44.6 Å². The number of hydrogen-bond donors (Lipinski definition) is 5. The zero-order chi connectivity index (χ0) is 43.1. The number of ether oxygens (including phenoxy) is 2. The molecule has 0 aliphatic carbocycles. The first kappa shape index (κ1) is 47.0. The Hall–Kier alpha value is -3.71. The molecule has 18 heteroatoms. The lowest BCUT2D eigenvalue weighted by Crippen LogP contribution is -2.71. The van der Waals surface area contributed by atoms with Crippen molar-refractivity contribution in [3.05, 3.63) is 0 Å². The predicted molar refractivity (Wildman–Crippen MR) is 209 cm³/mol. The van der Waals surface area contributed by atoms with Crippen molar-refractivity contribution in [3.8, 4) is 0 Å². The summed E-state index contributed by atoms with van der Waals surface area (Å²) in [4.78, 5) is 99.1. The fourth-order valence-electron chi connectivity index (χ4n) is 8.28. The van der Waals surface area contributed by atoms with E-state index >= 15 is 0 Å². The van der Waals surface area contributed by atoms with E-state index < -0.39 is 96.2 Å². The van der Waals surface area contributed by atoms with Crippen molar-refractivity contribution in [1.82, 2.24) is 36.0 Å². The third-order valence-corrected chi connectivity index (χ3v) is 12.3. The molecule has 0 spiro atoms. The monoisotopic (exact) mass is 821 g/mol. The number of carbonyl (C=O) groups is 7. The van der Waals surface area contributed by atoms with Crippen molar-refractivity contribution in [2.75, 3.05) is 40.3 Å². The van der Waals surface area contributed by atoms with E-state index in [2.05, 4.69) is 30.0 Å². The van der Waals surface area contributed by atoms with E-state index in [1.165, 1.54) is 19.1 Å². The molecule has 328 valence electrons. The zero-order valence-corrected chi connectivity index (χ0v) is 35.6. The topological polar surface area (TPSA) is 227 Å². The van der Waals surface area contributed by atoms with Crippen LogP contribution in [0.4, 0.5) is 0 Å². The van der Waals surface area contributed by atoms with Crippen LogP contribution in [0.15, 0.2) is 0 Å². The number of hydrogen-bond acceptors (Lipinski definition) is 13. The first-order valence-electron chi connectivity index (χ1n) is 21.0. The average molecular weight is 822 g/mol. The number of cyclic esters (lactones) is 1.